The topological polar surface area (TPSA) is 26.3 Å². The molecule has 0 aromatic heterocycles. The van der Waals surface area contributed by atoms with Gasteiger partial charge in [-0.25, -0.2) is 4.79 Å². The molecule has 0 aliphatic carbocycles. The summed E-state index contributed by atoms with van der Waals surface area (Å²) in [5.74, 6) is 0.971. The van der Waals surface area contributed by atoms with Crippen LogP contribution >= 0.6 is 11.8 Å². The summed E-state index contributed by atoms with van der Waals surface area (Å²) in [5.41, 5.74) is 0.626. The van der Waals surface area contributed by atoms with Crippen molar-refractivity contribution in [3.05, 3.63) is 84.4 Å². The van der Waals surface area contributed by atoms with E-state index in [-0.39, 0.29) is 16.9 Å². The number of hydrogen-bond donors (Lipinski definition) is 0. The molecule has 0 N–H and O–H groups in total. The third-order valence-corrected chi connectivity index (χ3v) is 8.82. The van der Waals surface area contributed by atoms with Crippen LogP contribution < -0.4 is 0 Å². The SMILES string of the molecule is O=C(OCCCCCC[S+]1c2ccccc2Sc2ccccc21)c1ccccc1. The van der Waals surface area contributed by atoms with Crippen molar-refractivity contribution in [2.45, 2.75) is 45.3 Å². The van der Waals surface area contributed by atoms with Crippen molar-refractivity contribution in [3.8, 4) is 0 Å². The summed E-state index contributed by atoms with van der Waals surface area (Å²) in [6.45, 7) is 0.502. The minimum Gasteiger partial charge on any atom is -0.462 e. The number of hydrogen-bond acceptors (Lipinski definition) is 3. The Hall–Kier alpha value is -2.17. The number of rotatable bonds is 8. The van der Waals surface area contributed by atoms with E-state index >= 15 is 0 Å². The van der Waals surface area contributed by atoms with Crippen LogP contribution in [0.5, 0.6) is 0 Å². The number of carbonyl (C=O) groups is 1. The quantitative estimate of drug-likeness (QED) is 0.233. The van der Waals surface area contributed by atoms with E-state index in [2.05, 4.69) is 48.5 Å². The second-order valence-electron chi connectivity index (χ2n) is 7.01. The Kier molecular flexibility index (Phi) is 6.96. The lowest BCUT2D eigenvalue weighted by molar-refractivity contribution is 0.0498. The molecule has 0 spiro atoms. The molecule has 0 unspecified atom stereocenters. The Labute approximate surface area is 180 Å². The van der Waals surface area contributed by atoms with Gasteiger partial charge in [0.2, 0.25) is 0 Å². The molecule has 148 valence electrons. The second-order valence-corrected chi connectivity index (χ2v) is 10.2. The van der Waals surface area contributed by atoms with Crippen LogP contribution in [0.25, 0.3) is 0 Å². The van der Waals surface area contributed by atoms with Gasteiger partial charge < -0.3 is 4.74 Å². The lowest BCUT2D eigenvalue weighted by Crippen LogP contribution is -2.14. The van der Waals surface area contributed by atoms with Gasteiger partial charge in [0.1, 0.15) is 5.75 Å². The fourth-order valence-corrected chi connectivity index (χ4v) is 7.46. The van der Waals surface area contributed by atoms with Gasteiger partial charge in [-0.3, -0.25) is 0 Å². The maximum atomic E-state index is 12.0. The van der Waals surface area contributed by atoms with Crippen LogP contribution in [0.2, 0.25) is 0 Å². The highest BCUT2D eigenvalue weighted by atomic mass is 32.2. The predicted molar refractivity (Wildman–Crippen MR) is 121 cm³/mol. The van der Waals surface area contributed by atoms with E-state index in [1.165, 1.54) is 38.2 Å². The van der Waals surface area contributed by atoms with Crippen LogP contribution in [0, 0.1) is 0 Å². The fraction of sp³-hybridized carbons (Fsp3) is 0.240. The van der Waals surface area contributed by atoms with Crippen LogP contribution in [0.15, 0.2) is 98.4 Å². The predicted octanol–water partition coefficient (Wildman–Crippen LogP) is 6.60. The molecule has 0 radical (unpaired) electrons. The molecule has 0 atom stereocenters. The Morgan fingerprint density at radius 2 is 1.31 bits per heavy atom. The van der Waals surface area contributed by atoms with Gasteiger partial charge in [-0.2, -0.15) is 0 Å². The number of unbranched alkanes of at least 4 members (excludes halogenated alkanes) is 3. The summed E-state index contributed by atoms with van der Waals surface area (Å²) in [6, 6.07) is 26.9. The molecule has 4 heteroatoms. The Morgan fingerprint density at radius 3 is 2.00 bits per heavy atom. The van der Waals surface area contributed by atoms with Crippen molar-refractivity contribution < 1.29 is 9.53 Å². The van der Waals surface area contributed by atoms with Crippen molar-refractivity contribution in [1.82, 2.24) is 0 Å². The molecule has 3 aromatic rings. The van der Waals surface area contributed by atoms with Gasteiger partial charge in [-0.05, 0) is 62.1 Å². The van der Waals surface area contributed by atoms with Gasteiger partial charge in [-0.15, -0.1) is 0 Å². The molecule has 3 aromatic carbocycles. The number of benzene rings is 3. The zero-order chi connectivity index (χ0) is 19.9. The first-order chi connectivity index (χ1) is 14.3. The lowest BCUT2D eigenvalue weighted by Gasteiger charge is -2.19. The highest BCUT2D eigenvalue weighted by molar-refractivity contribution is 8.04. The minimum atomic E-state index is -0.222. The van der Waals surface area contributed by atoms with Gasteiger partial charge in [0.05, 0.1) is 32.9 Å². The maximum absolute atomic E-state index is 12.0. The zero-order valence-electron chi connectivity index (χ0n) is 16.4. The van der Waals surface area contributed by atoms with E-state index in [9.17, 15) is 4.79 Å². The Morgan fingerprint density at radius 1 is 0.724 bits per heavy atom. The number of carbonyl (C=O) groups excluding carboxylic acids is 1. The lowest BCUT2D eigenvalue weighted by atomic mass is 10.2. The third kappa shape index (κ3) is 5.06. The molecule has 1 aliphatic heterocycles. The number of ether oxygens (including phenoxy) is 1. The van der Waals surface area contributed by atoms with Gasteiger partial charge >= 0.3 is 5.97 Å². The van der Waals surface area contributed by atoms with Gasteiger partial charge in [0, 0.05) is 0 Å². The highest BCUT2D eigenvalue weighted by Crippen LogP contribution is 2.45. The van der Waals surface area contributed by atoms with Crippen molar-refractivity contribution in [1.29, 1.82) is 0 Å². The average Bonchev–Trinajstić information content (AvgIpc) is 2.78. The van der Waals surface area contributed by atoms with Crippen LogP contribution in [-0.2, 0) is 15.6 Å². The molecule has 0 saturated heterocycles. The normalized spacial score (nSPS) is 12.8. The van der Waals surface area contributed by atoms with Gasteiger partial charge in [-0.1, -0.05) is 54.2 Å². The molecule has 29 heavy (non-hydrogen) atoms. The molecule has 4 rings (SSSR count). The first kappa shape index (κ1) is 20.1. The summed E-state index contributed by atoms with van der Waals surface area (Å²) < 4.78 is 5.38. The van der Waals surface area contributed by atoms with Gasteiger partial charge in [0.25, 0.3) is 0 Å². The third-order valence-electron chi connectivity index (χ3n) is 4.93. The maximum Gasteiger partial charge on any atom is 0.338 e. The van der Waals surface area contributed by atoms with Crippen LogP contribution in [0.1, 0.15) is 36.0 Å². The molecule has 0 saturated carbocycles. The van der Waals surface area contributed by atoms with Crippen LogP contribution in [0.4, 0.5) is 0 Å². The van der Waals surface area contributed by atoms with E-state index in [0.29, 0.717) is 12.2 Å². The smallest absolute Gasteiger partial charge is 0.338 e. The van der Waals surface area contributed by atoms with E-state index in [1.807, 2.05) is 30.0 Å². The number of fused-ring (bicyclic) bond motifs is 2. The molecular weight excluding hydrogens is 396 g/mol. The van der Waals surface area contributed by atoms with E-state index < -0.39 is 0 Å². The highest BCUT2D eigenvalue weighted by Gasteiger charge is 2.34. The van der Waals surface area contributed by atoms with Gasteiger partial charge in [0.15, 0.2) is 9.79 Å². The second kappa shape index (κ2) is 10.0. The minimum absolute atomic E-state index is 0.160. The molecule has 0 amide bonds. The first-order valence-corrected chi connectivity index (χ1v) is 12.3. The standard InChI is InChI=1S/C25H25O2S2/c26-25(20-12-4-3-5-13-20)27-18-10-1-2-11-19-29-23-16-8-6-14-21(23)28-22-15-7-9-17-24(22)29/h3-9,12-17H,1-2,10-11,18-19H2/q+1. The van der Waals surface area contributed by atoms with E-state index in [1.54, 1.807) is 12.1 Å². The van der Waals surface area contributed by atoms with Crippen molar-refractivity contribution in [2.24, 2.45) is 0 Å². The van der Waals surface area contributed by atoms with Crippen LogP contribution in [0.3, 0.4) is 0 Å². The fourth-order valence-electron chi connectivity index (χ4n) is 3.46. The number of esters is 1. The molecular formula is C25H25O2S2+. The molecule has 2 nitrogen and oxygen atoms in total. The van der Waals surface area contributed by atoms with Crippen molar-refractivity contribution in [3.63, 3.8) is 0 Å². The molecule has 1 aliphatic rings. The molecule has 0 fully saturated rings. The first-order valence-electron chi connectivity index (χ1n) is 10.1. The molecule has 0 bridgehead atoms. The van der Waals surface area contributed by atoms with Crippen LogP contribution in [-0.4, -0.2) is 18.3 Å². The summed E-state index contributed by atoms with van der Waals surface area (Å²) in [6.07, 6.45) is 4.39. The molecule has 1 heterocycles. The van der Waals surface area contributed by atoms with Crippen molar-refractivity contribution in [2.75, 3.05) is 12.4 Å². The summed E-state index contributed by atoms with van der Waals surface area (Å²) in [4.78, 5) is 17.7. The monoisotopic (exact) mass is 421 g/mol. The Bertz CT molecular complexity index is 910. The average molecular weight is 422 g/mol. The summed E-state index contributed by atoms with van der Waals surface area (Å²) >= 11 is 1.90. The van der Waals surface area contributed by atoms with E-state index in [4.69, 9.17) is 4.74 Å². The Balaban J connectivity index is 1.24. The van der Waals surface area contributed by atoms with E-state index in [0.717, 1.165) is 12.8 Å². The largest absolute Gasteiger partial charge is 0.462 e. The summed E-state index contributed by atoms with van der Waals surface area (Å²) in [5, 5.41) is 0. The van der Waals surface area contributed by atoms with Crippen molar-refractivity contribution >= 4 is 28.6 Å². The zero-order valence-corrected chi connectivity index (χ0v) is 18.0. The summed E-state index contributed by atoms with van der Waals surface area (Å²) in [7, 11) is 0.160.